The average Bonchev–Trinajstić information content (AvgIpc) is 3.85. The molecular weight excluding hydrogens is 637 g/mol. The van der Waals surface area contributed by atoms with Gasteiger partial charge >= 0.3 is 0 Å². The SMILES string of the molecule is c1ccc(-n2c3ccccc3c3ccc(-c4ccc5c(n4)-c4ncc(-c6cccc7c6c6ccccc6n7-c6ccccc6)cc4[SiH2]5)cc32)cc1. The maximum atomic E-state index is 5.32. The summed E-state index contributed by atoms with van der Waals surface area (Å²) in [5.41, 5.74) is 13.7. The lowest BCUT2D eigenvalue weighted by Crippen LogP contribution is -2.21. The molecule has 0 aliphatic carbocycles. The number of pyridine rings is 2. The number of para-hydroxylation sites is 4. The van der Waals surface area contributed by atoms with Crippen molar-refractivity contribution in [1.82, 2.24) is 19.1 Å². The normalized spacial score (nSPS) is 12.7. The summed E-state index contributed by atoms with van der Waals surface area (Å²) in [4.78, 5) is 10.5. The number of hydrogen-bond acceptors (Lipinski definition) is 2. The van der Waals surface area contributed by atoms with Crippen molar-refractivity contribution in [2.45, 2.75) is 0 Å². The lowest BCUT2D eigenvalue weighted by atomic mass is 10.0. The van der Waals surface area contributed by atoms with Crippen molar-refractivity contribution >= 4 is 63.5 Å². The van der Waals surface area contributed by atoms with Crippen LogP contribution in [0, 0.1) is 0 Å². The first-order valence-electron chi connectivity index (χ1n) is 17.5. The van der Waals surface area contributed by atoms with Crippen molar-refractivity contribution in [3.63, 3.8) is 0 Å². The first-order chi connectivity index (χ1) is 25.3. The molecule has 1 aliphatic heterocycles. The lowest BCUT2D eigenvalue weighted by Gasteiger charge is -2.10. The van der Waals surface area contributed by atoms with E-state index in [1.54, 1.807) is 0 Å². The zero-order valence-corrected chi connectivity index (χ0v) is 29.1. The zero-order chi connectivity index (χ0) is 33.5. The third-order valence-corrected chi connectivity index (χ3v) is 12.4. The first kappa shape index (κ1) is 28.3. The molecule has 0 unspecified atom stereocenters. The first-order valence-corrected chi connectivity index (χ1v) is 18.9. The van der Waals surface area contributed by atoms with Crippen molar-refractivity contribution in [3.8, 4) is 45.1 Å². The second kappa shape index (κ2) is 11.0. The van der Waals surface area contributed by atoms with E-state index in [9.17, 15) is 0 Å². The Morgan fingerprint density at radius 2 is 1.08 bits per heavy atom. The fourth-order valence-electron chi connectivity index (χ4n) is 8.31. The maximum absolute atomic E-state index is 5.32. The summed E-state index contributed by atoms with van der Waals surface area (Å²) in [5, 5.41) is 7.73. The van der Waals surface area contributed by atoms with Crippen LogP contribution in [0.1, 0.15) is 0 Å². The van der Waals surface area contributed by atoms with Crippen molar-refractivity contribution < 1.29 is 0 Å². The van der Waals surface area contributed by atoms with Crippen LogP contribution in [0.25, 0.3) is 88.8 Å². The predicted molar refractivity (Wildman–Crippen MR) is 215 cm³/mol. The van der Waals surface area contributed by atoms with E-state index in [4.69, 9.17) is 9.97 Å². The summed E-state index contributed by atoms with van der Waals surface area (Å²) < 4.78 is 4.74. The molecule has 10 aromatic rings. The van der Waals surface area contributed by atoms with Gasteiger partial charge in [-0.25, -0.2) is 4.98 Å². The molecule has 0 saturated heterocycles. The van der Waals surface area contributed by atoms with Gasteiger partial charge in [-0.15, -0.1) is 0 Å². The summed E-state index contributed by atoms with van der Waals surface area (Å²) in [6.07, 6.45) is 2.06. The van der Waals surface area contributed by atoms with Crippen molar-refractivity contribution in [3.05, 3.63) is 170 Å². The smallest absolute Gasteiger partial charge is 0.0933 e. The molecule has 5 heterocycles. The van der Waals surface area contributed by atoms with Crippen LogP contribution in [0.2, 0.25) is 0 Å². The fraction of sp³-hybridized carbons (Fsp3) is 0. The van der Waals surface area contributed by atoms with Gasteiger partial charge in [-0.1, -0.05) is 109 Å². The molecule has 0 radical (unpaired) electrons. The van der Waals surface area contributed by atoms with Crippen LogP contribution in [0.15, 0.2) is 170 Å². The highest BCUT2D eigenvalue weighted by Crippen LogP contribution is 2.39. The molecule has 6 aromatic carbocycles. The minimum atomic E-state index is -0.737. The Kier molecular flexibility index (Phi) is 6.09. The van der Waals surface area contributed by atoms with Crippen LogP contribution < -0.4 is 10.4 Å². The van der Waals surface area contributed by atoms with Crippen LogP contribution in [-0.4, -0.2) is 28.6 Å². The van der Waals surface area contributed by atoms with E-state index >= 15 is 0 Å². The molecule has 0 spiro atoms. The van der Waals surface area contributed by atoms with E-state index in [0.29, 0.717) is 0 Å². The highest BCUT2D eigenvalue weighted by atomic mass is 28.2. The number of benzene rings is 6. The molecule has 0 N–H and O–H groups in total. The summed E-state index contributed by atoms with van der Waals surface area (Å²) in [6.45, 7) is 0. The fourth-order valence-corrected chi connectivity index (χ4v) is 10.1. The second-order valence-electron chi connectivity index (χ2n) is 13.4. The van der Waals surface area contributed by atoms with Crippen LogP contribution >= 0.6 is 0 Å². The number of rotatable bonds is 4. The Morgan fingerprint density at radius 3 is 1.86 bits per heavy atom. The van der Waals surface area contributed by atoms with Crippen LogP contribution in [-0.2, 0) is 0 Å². The average molecular weight is 667 g/mol. The van der Waals surface area contributed by atoms with Crippen molar-refractivity contribution in [2.75, 3.05) is 0 Å². The lowest BCUT2D eigenvalue weighted by molar-refractivity contribution is 1.18. The number of nitrogens with zero attached hydrogens (tertiary/aromatic N) is 4. The molecule has 0 amide bonds. The van der Waals surface area contributed by atoms with E-state index in [2.05, 4.69) is 179 Å². The molecule has 0 atom stereocenters. The minimum Gasteiger partial charge on any atom is -0.309 e. The Hall–Kier alpha value is -6.56. The van der Waals surface area contributed by atoms with Gasteiger partial charge < -0.3 is 9.13 Å². The molecule has 5 heteroatoms. The number of fused-ring (bicyclic) bond motifs is 9. The molecule has 0 saturated carbocycles. The molecule has 0 fully saturated rings. The van der Waals surface area contributed by atoms with E-state index in [0.717, 1.165) is 33.9 Å². The second-order valence-corrected chi connectivity index (χ2v) is 15.3. The van der Waals surface area contributed by atoms with Gasteiger partial charge in [0.2, 0.25) is 0 Å². The quantitative estimate of drug-likeness (QED) is 0.176. The maximum Gasteiger partial charge on any atom is 0.0933 e. The van der Waals surface area contributed by atoms with Gasteiger partial charge in [-0.05, 0) is 70.5 Å². The van der Waals surface area contributed by atoms with Crippen LogP contribution in [0.4, 0.5) is 0 Å². The molecule has 4 aromatic heterocycles. The molecule has 51 heavy (non-hydrogen) atoms. The van der Waals surface area contributed by atoms with Gasteiger partial charge in [-0.3, -0.25) is 4.98 Å². The molecule has 1 aliphatic rings. The van der Waals surface area contributed by atoms with Gasteiger partial charge in [-0.2, -0.15) is 0 Å². The van der Waals surface area contributed by atoms with Gasteiger partial charge in [0.1, 0.15) is 0 Å². The highest BCUT2D eigenvalue weighted by Gasteiger charge is 2.24. The summed E-state index contributed by atoms with van der Waals surface area (Å²) in [5.74, 6) is 0. The van der Waals surface area contributed by atoms with Crippen molar-refractivity contribution in [1.29, 1.82) is 0 Å². The van der Waals surface area contributed by atoms with Gasteiger partial charge in [0.05, 0.1) is 48.7 Å². The molecule has 238 valence electrons. The van der Waals surface area contributed by atoms with Gasteiger partial charge in [0, 0.05) is 50.2 Å². The van der Waals surface area contributed by atoms with Gasteiger partial charge in [0.25, 0.3) is 0 Å². The van der Waals surface area contributed by atoms with E-state index in [1.807, 2.05) is 0 Å². The summed E-state index contributed by atoms with van der Waals surface area (Å²) in [7, 11) is -0.737. The van der Waals surface area contributed by atoms with E-state index in [1.165, 1.54) is 65.2 Å². The zero-order valence-electron chi connectivity index (χ0n) is 27.7. The monoisotopic (exact) mass is 666 g/mol. The molecular formula is C46H30N4Si. The Bertz CT molecular complexity index is 2990. The predicted octanol–water partition coefficient (Wildman–Crippen LogP) is 9.10. The van der Waals surface area contributed by atoms with E-state index < -0.39 is 9.52 Å². The Labute approximate surface area is 296 Å². The number of aromatic nitrogens is 4. The Morgan fingerprint density at radius 1 is 0.431 bits per heavy atom. The minimum absolute atomic E-state index is 0.737. The van der Waals surface area contributed by atoms with Crippen LogP contribution in [0.3, 0.4) is 0 Å². The molecule has 4 nitrogen and oxygen atoms in total. The largest absolute Gasteiger partial charge is 0.309 e. The summed E-state index contributed by atoms with van der Waals surface area (Å²) in [6, 6.07) is 59.0. The van der Waals surface area contributed by atoms with Crippen molar-refractivity contribution in [2.24, 2.45) is 0 Å². The number of hydrogen-bond donors (Lipinski definition) is 0. The third kappa shape index (κ3) is 4.25. The highest BCUT2D eigenvalue weighted by molar-refractivity contribution is 6.73. The van der Waals surface area contributed by atoms with Crippen LogP contribution in [0.5, 0.6) is 0 Å². The molecule has 11 rings (SSSR count). The standard InChI is InChI=1S/C46H30N4Si/c1-3-12-31(13-4-1)49-39-20-10-8-17-36(39)44-33(18-11-21-40(44)49)30-27-43-45(47-28-30)46-42(51-43)25-24-37(48-46)29-22-23-35-34-16-7-9-19-38(34)50(41(35)26-29)32-14-5-2-6-15-32/h1-28H,51H2. The topological polar surface area (TPSA) is 35.6 Å². The van der Waals surface area contributed by atoms with E-state index in [-0.39, 0.29) is 0 Å². The van der Waals surface area contributed by atoms with Gasteiger partial charge in [0.15, 0.2) is 0 Å². The molecule has 0 bridgehead atoms. The summed E-state index contributed by atoms with van der Waals surface area (Å²) >= 11 is 0. The Balaban J connectivity index is 1.02. The third-order valence-electron chi connectivity index (χ3n) is 10.6.